The number of hydrogen-bond acceptors (Lipinski definition) is 6. The van der Waals surface area contributed by atoms with Gasteiger partial charge in [0.25, 0.3) is 5.91 Å². The van der Waals surface area contributed by atoms with Crippen molar-refractivity contribution in [2.75, 3.05) is 5.32 Å². The molecular weight excluding hydrogens is 368 g/mol. The van der Waals surface area contributed by atoms with Gasteiger partial charge < -0.3 is 16.0 Å². The molecule has 0 spiro atoms. The number of aromatic nitrogens is 1. The highest BCUT2D eigenvalue weighted by molar-refractivity contribution is 8.01. The second-order valence-corrected chi connectivity index (χ2v) is 9.01. The van der Waals surface area contributed by atoms with E-state index in [1.807, 2.05) is 24.3 Å². The average Bonchev–Trinajstić information content (AvgIpc) is 3.32. The van der Waals surface area contributed by atoms with E-state index in [0.29, 0.717) is 17.6 Å². The minimum Gasteiger partial charge on any atom is -0.348 e. The monoisotopic (exact) mass is 388 g/mol. The van der Waals surface area contributed by atoms with Crippen LogP contribution in [0.1, 0.15) is 36.5 Å². The second kappa shape index (κ2) is 7.38. The Balaban J connectivity index is 1.35. The first-order valence-corrected chi connectivity index (χ1v) is 10.3. The molecule has 2 fully saturated rings. The molecule has 3 heterocycles. The lowest BCUT2D eigenvalue weighted by Gasteiger charge is -2.21. The fourth-order valence-electron chi connectivity index (χ4n) is 3.55. The Morgan fingerprint density at radius 2 is 2.08 bits per heavy atom. The number of nitrogens with zero attached hydrogens (tertiary/aromatic N) is 1. The van der Waals surface area contributed by atoms with Crippen LogP contribution in [0.15, 0.2) is 39.7 Å². The third-order valence-corrected chi connectivity index (χ3v) is 6.72. The van der Waals surface area contributed by atoms with E-state index in [0.717, 1.165) is 27.1 Å². The lowest BCUT2D eigenvalue weighted by Crippen LogP contribution is -2.42. The van der Waals surface area contributed by atoms with Crippen molar-refractivity contribution in [2.45, 2.75) is 53.5 Å². The molecular formula is C18H20N4O2S2. The van der Waals surface area contributed by atoms with Crippen LogP contribution in [0, 0.1) is 0 Å². The Labute approximate surface area is 160 Å². The maximum atomic E-state index is 12.5. The first-order chi connectivity index (χ1) is 12.6. The molecule has 2 aromatic rings. The molecule has 4 rings (SSSR count). The highest BCUT2D eigenvalue weighted by Crippen LogP contribution is 2.33. The van der Waals surface area contributed by atoms with Crippen molar-refractivity contribution in [3.63, 3.8) is 0 Å². The minimum atomic E-state index is -0.105. The van der Waals surface area contributed by atoms with Crippen LogP contribution in [0.5, 0.6) is 0 Å². The molecule has 2 aliphatic rings. The van der Waals surface area contributed by atoms with Crippen molar-refractivity contribution in [2.24, 2.45) is 0 Å². The van der Waals surface area contributed by atoms with Gasteiger partial charge in [-0.2, -0.15) is 0 Å². The summed E-state index contributed by atoms with van der Waals surface area (Å²) in [5, 5.41) is 10.2. The van der Waals surface area contributed by atoms with Crippen LogP contribution >= 0.6 is 23.1 Å². The number of thiazole rings is 1. The number of fused-ring (bicyclic) bond motifs is 2. The van der Waals surface area contributed by atoms with Gasteiger partial charge in [0.1, 0.15) is 5.00 Å². The summed E-state index contributed by atoms with van der Waals surface area (Å²) in [6.07, 6.45) is 5.06. The van der Waals surface area contributed by atoms with E-state index >= 15 is 0 Å². The van der Waals surface area contributed by atoms with E-state index in [9.17, 15) is 9.59 Å². The normalized spacial score (nSPS) is 23.8. The highest BCUT2D eigenvalue weighted by Gasteiger charge is 2.39. The fraction of sp³-hybridized carbons (Fsp3) is 0.389. The minimum absolute atomic E-state index is 0.0110. The number of amides is 2. The summed E-state index contributed by atoms with van der Waals surface area (Å²) in [4.78, 5) is 28.8. The predicted molar refractivity (Wildman–Crippen MR) is 103 cm³/mol. The SMILES string of the molecule is CC(=O)Nc1cnc(Sc2ccc(C(=O)NC3CC4CCC3N4)cc2)s1. The third-order valence-electron chi connectivity index (χ3n) is 4.72. The summed E-state index contributed by atoms with van der Waals surface area (Å²) in [7, 11) is 0. The van der Waals surface area contributed by atoms with Gasteiger partial charge in [-0.3, -0.25) is 9.59 Å². The summed E-state index contributed by atoms with van der Waals surface area (Å²) in [6, 6.07) is 8.81. The van der Waals surface area contributed by atoms with Gasteiger partial charge in [0, 0.05) is 35.5 Å². The highest BCUT2D eigenvalue weighted by atomic mass is 32.2. The van der Waals surface area contributed by atoms with Crippen molar-refractivity contribution in [1.82, 2.24) is 15.6 Å². The molecule has 26 heavy (non-hydrogen) atoms. The lowest BCUT2D eigenvalue weighted by molar-refractivity contribution is -0.114. The zero-order chi connectivity index (χ0) is 18.1. The molecule has 3 unspecified atom stereocenters. The number of rotatable bonds is 5. The number of carbonyl (C=O) groups is 2. The van der Waals surface area contributed by atoms with E-state index in [-0.39, 0.29) is 17.9 Å². The Morgan fingerprint density at radius 3 is 2.73 bits per heavy atom. The van der Waals surface area contributed by atoms with Crippen LogP contribution in [0.3, 0.4) is 0 Å². The lowest BCUT2D eigenvalue weighted by atomic mass is 9.95. The number of hydrogen-bond donors (Lipinski definition) is 3. The molecule has 1 aromatic heterocycles. The van der Waals surface area contributed by atoms with E-state index in [4.69, 9.17) is 0 Å². The Hall–Kier alpha value is -1.90. The topological polar surface area (TPSA) is 83.1 Å². The van der Waals surface area contributed by atoms with E-state index in [2.05, 4.69) is 20.9 Å². The number of carbonyl (C=O) groups excluding carboxylic acids is 2. The van der Waals surface area contributed by atoms with Crippen molar-refractivity contribution < 1.29 is 9.59 Å². The summed E-state index contributed by atoms with van der Waals surface area (Å²) >= 11 is 2.94. The molecule has 0 saturated carbocycles. The van der Waals surface area contributed by atoms with Crippen LogP contribution in [-0.2, 0) is 4.79 Å². The fourth-order valence-corrected chi connectivity index (χ4v) is 5.44. The molecule has 3 atom stereocenters. The first-order valence-electron chi connectivity index (χ1n) is 8.65. The van der Waals surface area contributed by atoms with Crippen molar-refractivity contribution in [3.8, 4) is 0 Å². The summed E-state index contributed by atoms with van der Waals surface area (Å²) in [5.41, 5.74) is 0.676. The molecule has 2 amide bonds. The Morgan fingerprint density at radius 1 is 1.27 bits per heavy atom. The molecule has 2 saturated heterocycles. The summed E-state index contributed by atoms with van der Waals surface area (Å²) < 4.78 is 0.846. The van der Waals surface area contributed by atoms with E-state index in [1.165, 1.54) is 36.4 Å². The third kappa shape index (κ3) is 3.92. The Kier molecular flexibility index (Phi) is 4.97. The molecule has 0 aliphatic carbocycles. The number of nitrogens with one attached hydrogen (secondary N) is 3. The number of anilines is 1. The molecule has 3 N–H and O–H groups in total. The maximum Gasteiger partial charge on any atom is 0.251 e. The molecule has 136 valence electrons. The van der Waals surface area contributed by atoms with Gasteiger partial charge in [-0.05, 0) is 43.5 Å². The summed E-state index contributed by atoms with van der Waals surface area (Å²) in [6.45, 7) is 1.48. The number of benzene rings is 1. The molecule has 6 nitrogen and oxygen atoms in total. The van der Waals surface area contributed by atoms with Gasteiger partial charge in [-0.25, -0.2) is 4.98 Å². The van der Waals surface area contributed by atoms with Crippen LogP contribution in [0.25, 0.3) is 0 Å². The molecule has 2 bridgehead atoms. The van der Waals surface area contributed by atoms with Gasteiger partial charge in [0.15, 0.2) is 4.34 Å². The smallest absolute Gasteiger partial charge is 0.251 e. The van der Waals surface area contributed by atoms with Crippen LogP contribution < -0.4 is 16.0 Å². The predicted octanol–water partition coefficient (Wildman–Crippen LogP) is 2.88. The molecule has 0 radical (unpaired) electrons. The largest absolute Gasteiger partial charge is 0.348 e. The van der Waals surface area contributed by atoms with Crippen LogP contribution in [-0.4, -0.2) is 34.9 Å². The van der Waals surface area contributed by atoms with Crippen molar-refractivity contribution in [3.05, 3.63) is 36.0 Å². The average molecular weight is 389 g/mol. The molecule has 8 heteroatoms. The van der Waals surface area contributed by atoms with Gasteiger partial charge in [0.05, 0.1) is 6.20 Å². The zero-order valence-electron chi connectivity index (χ0n) is 14.3. The molecule has 2 aliphatic heterocycles. The van der Waals surface area contributed by atoms with Gasteiger partial charge >= 0.3 is 0 Å². The molecule has 1 aromatic carbocycles. The van der Waals surface area contributed by atoms with Crippen molar-refractivity contribution in [1.29, 1.82) is 0 Å². The maximum absolute atomic E-state index is 12.5. The van der Waals surface area contributed by atoms with Gasteiger partial charge in [-0.1, -0.05) is 23.1 Å². The van der Waals surface area contributed by atoms with Gasteiger partial charge in [-0.15, -0.1) is 0 Å². The van der Waals surface area contributed by atoms with E-state index in [1.54, 1.807) is 6.20 Å². The van der Waals surface area contributed by atoms with Crippen LogP contribution in [0.2, 0.25) is 0 Å². The summed E-state index contributed by atoms with van der Waals surface area (Å²) in [5.74, 6) is -0.116. The van der Waals surface area contributed by atoms with Crippen LogP contribution in [0.4, 0.5) is 5.00 Å². The standard InChI is InChI=1S/C18H20N4O2S2/c1-10(23)20-16-9-19-18(26-16)25-13-5-2-11(3-6-13)17(24)22-15-8-12-4-7-14(15)21-12/h2-3,5-6,9,12,14-15,21H,4,7-8H2,1H3,(H,20,23)(H,22,24). The Bertz CT molecular complexity index is 821. The second-order valence-electron chi connectivity index (χ2n) is 6.66. The zero-order valence-corrected chi connectivity index (χ0v) is 16.0. The van der Waals surface area contributed by atoms with E-state index < -0.39 is 0 Å². The quantitative estimate of drug-likeness (QED) is 0.734. The first kappa shape index (κ1) is 17.5. The van der Waals surface area contributed by atoms with Gasteiger partial charge in [0.2, 0.25) is 5.91 Å². The van der Waals surface area contributed by atoms with Crippen molar-refractivity contribution >= 4 is 39.9 Å².